The van der Waals surface area contributed by atoms with Crippen molar-refractivity contribution in [3.05, 3.63) is 24.5 Å². The molecule has 0 aliphatic heterocycles. The van der Waals surface area contributed by atoms with Crippen molar-refractivity contribution in [3.8, 4) is 5.75 Å². The number of methoxy groups -OCH3 is 1. The van der Waals surface area contributed by atoms with Gasteiger partial charge >= 0.3 is 5.97 Å². The van der Waals surface area contributed by atoms with Crippen LogP contribution in [0.5, 0.6) is 5.75 Å². The predicted octanol–water partition coefficient (Wildman–Crippen LogP) is 2.99. The summed E-state index contributed by atoms with van der Waals surface area (Å²) in [7, 11) is 1.63. The minimum absolute atomic E-state index is 0.0649. The number of nitrogens with zero attached hydrogens (tertiary/aromatic N) is 1. The molecule has 4 nitrogen and oxygen atoms in total. The topological polar surface area (TPSA) is 39.4 Å². The first-order valence-corrected chi connectivity index (χ1v) is 8.22. The highest BCUT2D eigenvalue weighted by molar-refractivity contribution is 5.67. The minimum atomic E-state index is -0.153. The summed E-state index contributed by atoms with van der Waals surface area (Å²) in [4.78, 5) is 12.2. The Kier molecular flexibility index (Phi) is 5.81. The first kappa shape index (κ1) is 16.8. The quantitative estimate of drug-likeness (QED) is 0.620. The lowest BCUT2D eigenvalue weighted by molar-refractivity contribution is -0.686. The average molecular weight is 306 g/mol. The molecule has 0 bridgehead atoms. The van der Waals surface area contributed by atoms with Crippen LogP contribution in [0.4, 0.5) is 0 Å². The molecule has 0 amide bonds. The molecule has 1 saturated carbocycles. The molecule has 0 saturated heterocycles. The van der Waals surface area contributed by atoms with Gasteiger partial charge in [-0.05, 0) is 30.6 Å². The first-order chi connectivity index (χ1) is 10.5. The maximum absolute atomic E-state index is 12.2. The van der Waals surface area contributed by atoms with Gasteiger partial charge in [0.05, 0.1) is 7.11 Å². The number of hydrogen-bond donors (Lipinski definition) is 0. The van der Waals surface area contributed by atoms with E-state index in [0.29, 0.717) is 17.8 Å². The van der Waals surface area contributed by atoms with Gasteiger partial charge in [-0.15, -0.1) is 0 Å². The summed E-state index contributed by atoms with van der Waals surface area (Å²) >= 11 is 0. The average Bonchev–Trinajstić information content (AvgIpc) is 2.47. The molecule has 2 rings (SSSR count). The molecule has 4 heteroatoms. The number of carbonyl (C=O) groups excluding carboxylic acids is 1. The Morgan fingerprint density at radius 2 is 2.00 bits per heavy atom. The Morgan fingerprint density at radius 3 is 2.59 bits per heavy atom. The lowest BCUT2D eigenvalue weighted by Crippen LogP contribution is -2.42. The number of hydrogen-bond acceptors (Lipinski definition) is 3. The predicted molar refractivity (Wildman–Crippen MR) is 84.4 cm³/mol. The number of rotatable bonds is 5. The normalized spacial score (nSPS) is 25.0. The summed E-state index contributed by atoms with van der Waals surface area (Å²) in [6.07, 6.45) is 7.13. The number of aromatic nitrogens is 1. The van der Waals surface area contributed by atoms with Crippen molar-refractivity contribution >= 4 is 5.97 Å². The van der Waals surface area contributed by atoms with Gasteiger partial charge in [-0.25, -0.2) is 4.79 Å². The lowest BCUT2D eigenvalue weighted by atomic mass is 9.75. The van der Waals surface area contributed by atoms with Crippen molar-refractivity contribution in [3.63, 3.8) is 0 Å². The zero-order valence-corrected chi connectivity index (χ0v) is 14.1. The fraction of sp³-hybridized carbons (Fsp3) is 0.667. The number of esters is 1. The van der Waals surface area contributed by atoms with E-state index < -0.39 is 0 Å². The molecule has 3 atom stereocenters. The molecule has 1 aliphatic rings. The summed E-state index contributed by atoms with van der Waals surface area (Å²) < 4.78 is 12.7. The highest BCUT2D eigenvalue weighted by atomic mass is 16.5. The maximum atomic E-state index is 12.2. The number of carbonyl (C=O) groups is 1. The molecule has 0 aromatic carbocycles. The van der Waals surface area contributed by atoms with Gasteiger partial charge in [0.2, 0.25) is 6.54 Å². The van der Waals surface area contributed by atoms with Crippen molar-refractivity contribution in [1.29, 1.82) is 0 Å². The van der Waals surface area contributed by atoms with Crippen LogP contribution in [0.2, 0.25) is 0 Å². The molecule has 1 aromatic heterocycles. The van der Waals surface area contributed by atoms with Crippen LogP contribution < -0.4 is 9.30 Å². The van der Waals surface area contributed by atoms with Gasteiger partial charge in [0.25, 0.3) is 0 Å². The van der Waals surface area contributed by atoms with E-state index in [1.54, 1.807) is 7.11 Å². The van der Waals surface area contributed by atoms with E-state index in [0.717, 1.165) is 18.6 Å². The molecule has 1 aromatic rings. The molecule has 0 spiro atoms. The van der Waals surface area contributed by atoms with Crippen molar-refractivity contribution in [2.24, 2.45) is 17.8 Å². The molecule has 1 heterocycles. The number of ether oxygens (including phenoxy) is 2. The van der Waals surface area contributed by atoms with Crippen LogP contribution in [0.25, 0.3) is 0 Å². The van der Waals surface area contributed by atoms with E-state index in [2.05, 4.69) is 20.8 Å². The molecule has 0 radical (unpaired) electrons. The monoisotopic (exact) mass is 306 g/mol. The van der Waals surface area contributed by atoms with E-state index in [1.165, 1.54) is 6.42 Å². The summed E-state index contributed by atoms with van der Waals surface area (Å²) in [5.74, 6) is 2.31. The second-order valence-corrected chi connectivity index (χ2v) is 6.76. The first-order valence-electron chi connectivity index (χ1n) is 8.22. The maximum Gasteiger partial charge on any atom is 0.372 e. The fourth-order valence-corrected chi connectivity index (χ4v) is 3.29. The van der Waals surface area contributed by atoms with Crippen LogP contribution >= 0.6 is 0 Å². The van der Waals surface area contributed by atoms with Gasteiger partial charge in [-0.1, -0.05) is 27.2 Å². The Hall–Kier alpha value is -1.58. The molecular formula is C18H28NO3+. The largest absolute Gasteiger partial charge is 0.496 e. The van der Waals surface area contributed by atoms with Crippen molar-refractivity contribution < 1.29 is 18.8 Å². The zero-order valence-electron chi connectivity index (χ0n) is 14.1. The molecule has 22 heavy (non-hydrogen) atoms. The van der Waals surface area contributed by atoms with Gasteiger partial charge in [0, 0.05) is 12.1 Å². The molecule has 1 fully saturated rings. The van der Waals surface area contributed by atoms with Crippen LogP contribution in [0, 0.1) is 17.8 Å². The Balaban J connectivity index is 1.93. The van der Waals surface area contributed by atoms with Crippen molar-refractivity contribution in [2.45, 2.75) is 52.7 Å². The Labute approximate surface area is 133 Å². The van der Waals surface area contributed by atoms with E-state index in [9.17, 15) is 4.79 Å². The van der Waals surface area contributed by atoms with Gasteiger partial charge in [0.1, 0.15) is 11.9 Å². The van der Waals surface area contributed by atoms with E-state index in [-0.39, 0.29) is 18.6 Å². The van der Waals surface area contributed by atoms with Crippen LogP contribution in [-0.4, -0.2) is 19.2 Å². The Bertz CT molecular complexity index is 484. The molecule has 3 unspecified atom stereocenters. The third-order valence-electron chi connectivity index (χ3n) is 4.65. The summed E-state index contributed by atoms with van der Waals surface area (Å²) in [6, 6.07) is 3.68. The van der Waals surface area contributed by atoms with Crippen molar-refractivity contribution in [1.82, 2.24) is 0 Å². The fourth-order valence-electron chi connectivity index (χ4n) is 3.29. The van der Waals surface area contributed by atoms with Crippen LogP contribution in [-0.2, 0) is 16.1 Å². The van der Waals surface area contributed by atoms with Gasteiger partial charge < -0.3 is 9.47 Å². The Morgan fingerprint density at radius 1 is 1.32 bits per heavy atom. The third-order valence-corrected chi connectivity index (χ3v) is 4.65. The summed E-state index contributed by atoms with van der Waals surface area (Å²) in [5, 5.41) is 0. The second-order valence-electron chi connectivity index (χ2n) is 6.76. The standard InChI is InChI=1S/C18H28NO3/c1-13(2)16-6-5-14(3)11-17(16)22-18(20)12-19-9-7-15(21-4)8-10-19/h7-10,13-14,16-17H,5-6,11-12H2,1-4H3/q+1. The third kappa shape index (κ3) is 4.46. The highest BCUT2D eigenvalue weighted by Gasteiger charge is 2.33. The van der Waals surface area contributed by atoms with Gasteiger partial charge in [0.15, 0.2) is 12.4 Å². The molecule has 1 aliphatic carbocycles. The lowest BCUT2D eigenvalue weighted by Gasteiger charge is -2.36. The van der Waals surface area contributed by atoms with Gasteiger partial charge in [-0.2, -0.15) is 4.57 Å². The number of pyridine rings is 1. The van der Waals surface area contributed by atoms with E-state index >= 15 is 0 Å². The second kappa shape index (κ2) is 7.61. The highest BCUT2D eigenvalue weighted by Crippen LogP contribution is 2.35. The van der Waals surface area contributed by atoms with Crippen molar-refractivity contribution in [2.75, 3.05) is 7.11 Å². The zero-order chi connectivity index (χ0) is 16.1. The molecular weight excluding hydrogens is 278 g/mol. The minimum Gasteiger partial charge on any atom is -0.496 e. The van der Waals surface area contributed by atoms with Crippen LogP contribution in [0.1, 0.15) is 40.0 Å². The molecule has 0 N–H and O–H groups in total. The van der Waals surface area contributed by atoms with E-state index in [1.807, 2.05) is 29.1 Å². The molecule has 122 valence electrons. The van der Waals surface area contributed by atoms with Crippen LogP contribution in [0.15, 0.2) is 24.5 Å². The van der Waals surface area contributed by atoms with Gasteiger partial charge in [-0.3, -0.25) is 0 Å². The summed E-state index contributed by atoms with van der Waals surface area (Å²) in [6.45, 7) is 6.94. The smallest absolute Gasteiger partial charge is 0.372 e. The van der Waals surface area contributed by atoms with Crippen LogP contribution in [0.3, 0.4) is 0 Å². The summed E-state index contributed by atoms with van der Waals surface area (Å²) in [5.41, 5.74) is 0. The van der Waals surface area contributed by atoms with E-state index in [4.69, 9.17) is 9.47 Å². The SMILES string of the molecule is COc1cc[n+](CC(=O)OC2CC(C)CCC2C(C)C)cc1.